The zero-order valence-electron chi connectivity index (χ0n) is 14.0. The molecule has 0 aliphatic carbocycles. The fourth-order valence-electron chi connectivity index (χ4n) is 2.41. The number of imidazole rings is 1. The highest BCUT2D eigenvalue weighted by atomic mass is 31.2. The standard InChI is InChI=1S/C16H20N5OP/c1-10-17-15(14-16(18-10)21(3)11(2)19-14)20-12-6-8-13(9-7-12)23(4,5)22/h6-9H,1-5H3,(H,17,18,20). The Morgan fingerprint density at radius 3 is 2.30 bits per heavy atom. The Morgan fingerprint density at radius 1 is 1.04 bits per heavy atom. The van der Waals surface area contributed by atoms with E-state index in [0.29, 0.717) is 11.6 Å². The van der Waals surface area contributed by atoms with Gasteiger partial charge in [0.2, 0.25) is 0 Å². The summed E-state index contributed by atoms with van der Waals surface area (Å²) in [5, 5.41) is 4.15. The maximum atomic E-state index is 12.1. The minimum Gasteiger partial charge on any atom is -0.338 e. The van der Waals surface area contributed by atoms with E-state index >= 15 is 0 Å². The van der Waals surface area contributed by atoms with E-state index < -0.39 is 7.14 Å². The van der Waals surface area contributed by atoms with Crippen LogP contribution < -0.4 is 10.6 Å². The van der Waals surface area contributed by atoms with E-state index in [9.17, 15) is 4.57 Å². The maximum Gasteiger partial charge on any atom is 0.165 e. The summed E-state index contributed by atoms with van der Waals surface area (Å²) < 4.78 is 14.0. The Kier molecular flexibility index (Phi) is 3.72. The van der Waals surface area contributed by atoms with Crippen LogP contribution in [-0.4, -0.2) is 32.8 Å². The van der Waals surface area contributed by atoms with Crippen LogP contribution >= 0.6 is 7.14 Å². The molecular weight excluding hydrogens is 309 g/mol. The SMILES string of the molecule is Cc1nc(Nc2ccc(P(C)(C)=O)cc2)c2nc(C)n(C)c2n1. The molecule has 0 amide bonds. The summed E-state index contributed by atoms with van der Waals surface area (Å²) in [4.78, 5) is 13.5. The number of hydrogen-bond donors (Lipinski definition) is 1. The van der Waals surface area contributed by atoms with Crippen LogP contribution in [0.5, 0.6) is 0 Å². The number of nitrogens with zero attached hydrogens (tertiary/aromatic N) is 4. The molecule has 7 heteroatoms. The second-order valence-corrected chi connectivity index (χ2v) is 9.25. The van der Waals surface area contributed by atoms with Crippen molar-refractivity contribution in [3.63, 3.8) is 0 Å². The van der Waals surface area contributed by atoms with Crippen LogP contribution in [0.4, 0.5) is 11.5 Å². The number of nitrogens with one attached hydrogen (secondary N) is 1. The average molecular weight is 329 g/mol. The molecule has 2 heterocycles. The third kappa shape index (κ3) is 2.99. The Morgan fingerprint density at radius 2 is 1.70 bits per heavy atom. The first-order chi connectivity index (χ1) is 10.8. The highest BCUT2D eigenvalue weighted by Crippen LogP contribution is 2.35. The molecule has 0 aliphatic heterocycles. The molecule has 6 nitrogen and oxygen atoms in total. The fraction of sp³-hybridized carbons (Fsp3) is 0.312. The van der Waals surface area contributed by atoms with E-state index in [-0.39, 0.29) is 0 Å². The largest absolute Gasteiger partial charge is 0.338 e. The second-order valence-electron chi connectivity index (χ2n) is 6.03. The number of benzene rings is 1. The molecule has 1 aromatic carbocycles. The van der Waals surface area contributed by atoms with Crippen LogP contribution in [0.2, 0.25) is 0 Å². The fourth-order valence-corrected chi connectivity index (χ4v) is 3.27. The number of aryl methyl sites for hydroxylation is 3. The van der Waals surface area contributed by atoms with Crippen molar-refractivity contribution in [1.82, 2.24) is 19.5 Å². The lowest BCUT2D eigenvalue weighted by molar-refractivity contribution is 0.588. The molecule has 1 N–H and O–H groups in total. The van der Waals surface area contributed by atoms with Crippen LogP contribution in [0.3, 0.4) is 0 Å². The van der Waals surface area contributed by atoms with Gasteiger partial charge in [-0.3, -0.25) is 0 Å². The maximum absolute atomic E-state index is 12.1. The smallest absolute Gasteiger partial charge is 0.165 e. The first-order valence-corrected chi connectivity index (χ1v) is 9.96. The van der Waals surface area contributed by atoms with Gasteiger partial charge in [-0.25, -0.2) is 15.0 Å². The minimum absolute atomic E-state index is 0.681. The van der Waals surface area contributed by atoms with Crippen LogP contribution in [0, 0.1) is 13.8 Å². The predicted octanol–water partition coefficient (Wildman–Crippen LogP) is 2.97. The number of fused-ring (bicyclic) bond motifs is 1. The Balaban J connectivity index is 2.01. The van der Waals surface area contributed by atoms with Crippen LogP contribution in [0.25, 0.3) is 11.2 Å². The first-order valence-electron chi connectivity index (χ1n) is 7.36. The molecule has 23 heavy (non-hydrogen) atoms. The normalized spacial score (nSPS) is 11.9. The number of anilines is 2. The summed E-state index contributed by atoms with van der Waals surface area (Å²) in [6, 6.07) is 7.60. The van der Waals surface area contributed by atoms with Gasteiger partial charge in [0.15, 0.2) is 17.0 Å². The highest BCUT2D eigenvalue weighted by molar-refractivity contribution is 7.70. The molecule has 3 aromatic rings. The average Bonchev–Trinajstić information content (AvgIpc) is 2.75. The van der Waals surface area contributed by atoms with Crippen LogP contribution in [-0.2, 0) is 11.6 Å². The summed E-state index contributed by atoms with van der Waals surface area (Å²) in [6.07, 6.45) is 0. The molecule has 0 aliphatic rings. The summed E-state index contributed by atoms with van der Waals surface area (Å²) in [5.41, 5.74) is 2.43. The van der Waals surface area contributed by atoms with E-state index in [1.807, 2.05) is 49.7 Å². The molecule has 0 saturated heterocycles. The Labute approximate surface area is 135 Å². The second kappa shape index (κ2) is 5.46. The molecule has 0 unspecified atom stereocenters. The third-order valence-corrected chi connectivity index (χ3v) is 5.35. The molecule has 3 rings (SSSR count). The van der Waals surface area contributed by atoms with Crippen LogP contribution in [0.15, 0.2) is 24.3 Å². The van der Waals surface area contributed by atoms with Crippen molar-refractivity contribution in [3.8, 4) is 0 Å². The van der Waals surface area contributed by atoms with Gasteiger partial charge in [0.1, 0.15) is 18.8 Å². The van der Waals surface area contributed by atoms with E-state index in [0.717, 1.165) is 28.0 Å². The van der Waals surface area contributed by atoms with Crippen molar-refractivity contribution in [2.24, 2.45) is 7.05 Å². The van der Waals surface area contributed by atoms with Gasteiger partial charge in [-0.15, -0.1) is 0 Å². The van der Waals surface area contributed by atoms with Gasteiger partial charge >= 0.3 is 0 Å². The van der Waals surface area contributed by atoms with Gasteiger partial charge in [-0.05, 0) is 51.4 Å². The minimum atomic E-state index is -2.24. The lowest BCUT2D eigenvalue weighted by Crippen LogP contribution is -2.04. The number of rotatable bonds is 3. The molecule has 0 bridgehead atoms. The van der Waals surface area contributed by atoms with Gasteiger partial charge in [0.05, 0.1) is 0 Å². The third-order valence-electron chi connectivity index (χ3n) is 3.81. The van der Waals surface area contributed by atoms with Crippen molar-refractivity contribution in [2.45, 2.75) is 13.8 Å². The van der Waals surface area contributed by atoms with Crippen LogP contribution in [0.1, 0.15) is 11.6 Å². The highest BCUT2D eigenvalue weighted by Gasteiger charge is 2.14. The van der Waals surface area contributed by atoms with E-state index in [1.165, 1.54) is 0 Å². The Bertz CT molecular complexity index is 924. The van der Waals surface area contributed by atoms with E-state index in [2.05, 4.69) is 20.3 Å². The molecule has 0 fully saturated rings. The number of hydrogen-bond acceptors (Lipinski definition) is 5. The quantitative estimate of drug-likeness (QED) is 0.748. The van der Waals surface area contributed by atoms with Gasteiger partial charge < -0.3 is 14.4 Å². The van der Waals surface area contributed by atoms with Crippen molar-refractivity contribution in [2.75, 3.05) is 18.6 Å². The van der Waals surface area contributed by atoms with Gasteiger partial charge in [0, 0.05) is 18.0 Å². The molecule has 120 valence electrons. The topological polar surface area (TPSA) is 72.7 Å². The van der Waals surface area contributed by atoms with Crippen molar-refractivity contribution >= 4 is 35.1 Å². The monoisotopic (exact) mass is 329 g/mol. The lowest BCUT2D eigenvalue weighted by Gasteiger charge is -2.10. The first kappa shape index (κ1) is 15.7. The van der Waals surface area contributed by atoms with Gasteiger partial charge in [-0.2, -0.15) is 0 Å². The van der Waals surface area contributed by atoms with Crippen molar-refractivity contribution in [1.29, 1.82) is 0 Å². The Hall–Kier alpha value is -2.20. The summed E-state index contributed by atoms with van der Waals surface area (Å²) in [6.45, 7) is 7.34. The number of aromatic nitrogens is 4. The predicted molar refractivity (Wildman–Crippen MR) is 94.6 cm³/mol. The van der Waals surface area contributed by atoms with Crippen molar-refractivity contribution in [3.05, 3.63) is 35.9 Å². The summed E-state index contributed by atoms with van der Waals surface area (Å²) in [7, 11) is -0.299. The van der Waals surface area contributed by atoms with Gasteiger partial charge in [0.25, 0.3) is 0 Å². The zero-order valence-corrected chi connectivity index (χ0v) is 14.8. The molecule has 2 aromatic heterocycles. The van der Waals surface area contributed by atoms with Crippen molar-refractivity contribution < 1.29 is 4.57 Å². The van der Waals surface area contributed by atoms with Gasteiger partial charge in [-0.1, -0.05) is 0 Å². The molecule has 0 atom stereocenters. The zero-order chi connectivity index (χ0) is 16.8. The van der Waals surface area contributed by atoms with E-state index in [4.69, 9.17) is 0 Å². The summed E-state index contributed by atoms with van der Waals surface area (Å²) in [5.74, 6) is 2.25. The molecule has 0 spiro atoms. The van der Waals surface area contributed by atoms with E-state index in [1.54, 1.807) is 13.3 Å². The molecule has 0 saturated carbocycles. The molecular formula is C16H20N5OP. The summed E-state index contributed by atoms with van der Waals surface area (Å²) >= 11 is 0. The molecule has 0 radical (unpaired) electrons. The lowest BCUT2D eigenvalue weighted by atomic mass is 10.3.